The molecule has 1 heterocycles. The number of hydrogen-bond donors (Lipinski definition) is 0. The van der Waals surface area contributed by atoms with Gasteiger partial charge in [0, 0.05) is 17.6 Å². The minimum Gasteiger partial charge on any atom is -0.464 e. The fourth-order valence-corrected chi connectivity index (χ4v) is 2.07. The Balaban J connectivity index is 3.45. The summed E-state index contributed by atoms with van der Waals surface area (Å²) < 4.78 is 6.51. The Morgan fingerprint density at radius 2 is 2.12 bits per heavy atom. The van der Waals surface area contributed by atoms with Gasteiger partial charge in [0.1, 0.15) is 5.69 Å². The van der Waals surface area contributed by atoms with Crippen LogP contribution in [0.15, 0.2) is 0 Å². The number of methoxy groups -OCH3 is 1. The number of ether oxygens (including phenoxy) is 1. The summed E-state index contributed by atoms with van der Waals surface area (Å²) in [6, 6.07) is 0. The van der Waals surface area contributed by atoms with Gasteiger partial charge >= 0.3 is 5.97 Å². The van der Waals surface area contributed by atoms with Gasteiger partial charge in [-0.05, 0) is 19.4 Å². The largest absolute Gasteiger partial charge is 0.464 e. The van der Waals surface area contributed by atoms with E-state index in [2.05, 4.69) is 15.9 Å². The number of aromatic nitrogens is 1. The number of halogens is 1. The zero-order valence-corrected chi connectivity index (χ0v) is 11.1. The molecular weight excluding hydrogens is 274 g/mol. The first-order valence-corrected chi connectivity index (χ1v) is 5.99. The van der Waals surface area contributed by atoms with Gasteiger partial charge in [0.25, 0.3) is 0 Å². The van der Waals surface area contributed by atoms with E-state index in [1.54, 1.807) is 4.57 Å². The first kappa shape index (κ1) is 13.0. The van der Waals surface area contributed by atoms with E-state index in [0.717, 1.165) is 11.3 Å². The molecule has 1 aromatic heterocycles. The van der Waals surface area contributed by atoms with Gasteiger partial charge in [-0.2, -0.15) is 0 Å². The van der Waals surface area contributed by atoms with E-state index in [0.29, 0.717) is 29.4 Å². The summed E-state index contributed by atoms with van der Waals surface area (Å²) >= 11 is 3.32. The molecular formula is C11H14BrNO3. The second kappa shape index (κ2) is 5.30. The maximum atomic E-state index is 11.6. The molecule has 0 aliphatic rings. The van der Waals surface area contributed by atoms with Crippen LogP contribution in [-0.4, -0.2) is 29.3 Å². The van der Waals surface area contributed by atoms with Crippen molar-refractivity contribution in [3.63, 3.8) is 0 Å². The highest BCUT2D eigenvalue weighted by Gasteiger charge is 2.22. The van der Waals surface area contributed by atoms with E-state index >= 15 is 0 Å². The molecule has 0 aliphatic carbocycles. The molecule has 0 unspecified atom stereocenters. The Morgan fingerprint density at radius 3 is 2.56 bits per heavy atom. The fourth-order valence-electron chi connectivity index (χ4n) is 1.71. The van der Waals surface area contributed by atoms with Crippen LogP contribution in [0.5, 0.6) is 0 Å². The summed E-state index contributed by atoms with van der Waals surface area (Å²) in [5.41, 5.74) is 2.51. The van der Waals surface area contributed by atoms with E-state index in [1.165, 1.54) is 7.11 Å². The molecule has 0 atom stereocenters. The first-order valence-electron chi connectivity index (χ1n) is 4.87. The summed E-state index contributed by atoms with van der Waals surface area (Å²) in [5, 5.41) is 0.713. The van der Waals surface area contributed by atoms with Crippen LogP contribution in [0, 0.1) is 13.8 Å². The lowest BCUT2D eigenvalue weighted by Gasteiger charge is -2.08. The summed E-state index contributed by atoms with van der Waals surface area (Å²) in [6.07, 6.45) is 0.708. The van der Waals surface area contributed by atoms with Crippen LogP contribution in [-0.2, 0) is 11.3 Å². The molecule has 0 aliphatic heterocycles. The van der Waals surface area contributed by atoms with Gasteiger partial charge < -0.3 is 9.30 Å². The molecule has 0 N–H and O–H groups in total. The predicted octanol–water partition coefficient (Wildman–Crippen LogP) is 2.10. The average Bonchev–Trinajstić information content (AvgIpc) is 2.53. The van der Waals surface area contributed by atoms with Gasteiger partial charge in [0.15, 0.2) is 6.29 Å². The third kappa shape index (κ3) is 2.04. The number of esters is 1. The van der Waals surface area contributed by atoms with E-state index in [1.807, 2.05) is 13.8 Å². The highest BCUT2D eigenvalue weighted by molar-refractivity contribution is 9.09. The van der Waals surface area contributed by atoms with Gasteiger partial charge in [-0.3, -0.25) is 4.79 Å². The number of alkyl halides is 1. The quantitative estimate of drug-likeness (QED) is 0.484. The van der Waals surface area contributed by atoms with Crippen LogP contribution < -0.4 is 0 Å². The fraction of sp³-hybridized carbons (Fsp3) is 0.455. The zero-order chi connectivity index (χ0) is 12.3. The SMILES string of the molecule is COC(=O)c1c(C=O)c(C)c(C)n1CCBr. The zero-order valence-electron chi connectivity index (χ0n) is 9.54. The van der Waals surface area contributed by atoms with Crippen molar-refractivity contribution in [3.05, 3.63) is 22.5 Å². The molecule has 1 aromatic rings. The minimum absolute atomic E-state index is 0.340. The van der Waals surface area contributed by atoms with Crippen LogP contribution >= 0.6 is 15.9 Å². The van der Waals surface area contributed by atoms with Crippen LogP contribution in [0.3, 0.4) is 0 Å². The number of rotatable bonds is 4. The Kier molecular flexibility index (Phi) is 4.29. The second-order valence-electron chi connectivity index (χ2n) is 3.42. The minimum atomic E-state index is -0.473. The summed E-state index contributed by atoms with van der Waals surface area (Å²) in [6.45, 7) is 4.35. The van der Waals surface area contributed by atoms with Gasteiger partial charge in [-0.1, -0.05) is 15.9 Å². The third-order valence-corrected chi connectivity index (χ3v) is 3.04. The van der Waals surface area contributed by atoms with E-state index in [4.69, 9.17) is 4.74 Å². The van der Waals surface area contributed by atoms with Gasteiger partial charge in [0.2, 0.25) is 0 Å². The van der Waals surface area contributed by atoms with Crippen molar-refractivity contribution in [1.82, 2.24) is 4.57 Å². The Labute approximate surface area is 103 Å². The summed E-state index contributed by atoms with van der Waals surface area (Å²) in [5.74, 6) is -0.473. The highest BCUT2D eigenvalue weighted by atomic mass is 79.9. The van der Waals surface area contributed by atoms with Gasteiger partial charge in [-0.15, -0.1) is 0 Å². The second-order valence-corrected chi connectivity index (χ2v) is 4.22. The Morgan fingerprint density at radius 1 is 1.50 bits per heavy atom. The van der Waals surface area contributed by atoms with E-state index < -0.39 is 5.97 Å². The van der Waals surface area contributed by atoms with Crippen molar-refractivity contribution in [3.8, 4) is 0 Å². The monoisotopic (exact) mass is 287 g/mol. The Hall–Kier alpha value is -1.10. The van der Waals surface area contributed by atoms with Crippen LogP contribution in [0.1, 0.15) is 32.1 Å². The molecule has 0 saturated carbocycles. The van der Waals surface area contributed by atoms with Crippen LogP contribution in [0.4, 0.5) is 0 Å². The molecule has 4 nitrogen and oxygen atoms in total. The standard InChI is InChI=1S/C11H14BrNO3/c1-7-8(2)13(5-4-12)10(9(7)6-14)11(15)16-3/h6H,4-5H2,1-3H3. The van der Waals surface area contributed by atoms with Gasteiger partial charge in [-0.25, -0.2) is 4.79 Å². The summed E-state index contributed by atoms with van der Waals surface area (Å²) in [7, 11) is 1.31. The number of nitrogens with zero attached hydrogens (tertiary/aromatic N) is 1. The lowest BCUT2D eigenvalue weighted by molar-refractivity contribution is 0.0586. The molecule has 1 rings (SSSR count). The molecule has 0 amide bonds. The van der Waals surface area contributed by atoms with Crippen LogP contribution in [0.2, 0.25) is 0 Å². The predicted molar refractivity (Wildman–Crippen MR) is 64.4 cm³/mol. The Bertz CT molecular complexity index is 423. The maximum absolute atomic E-state index is 11.6. The van der Waals surface area contributed by atoms with Crippen molar-refractivity contribution in [2.45, 2.75) is 20.4 Å². The molecule has 0 saturated heterocycles. The van der Waals surface area contributed by atoms with Gasteiger partial charge in [0.05, 0.1) is 12.7 Å². The number of hydrogen-bond acceptors (Lipinski definition) is 3. The number of carbonyl (C=O) groups is 2. The molecule has 16 heavy (non-hydrogen) atoms. The van der Waals surface area contributed by atoms with Crippen LogP contribution in [0.25, 0.3) is 0 Å². The number of carbonyl (C=O) groups excluding carboxylic acids is 2. The van der Waals surface area contributed by atoms with Crippen molar-refractivity contribution < 1.29 is 14.3 Å². The number of aldehydes is 1. The lowest BCUT2D eigenvalue weighted by atomic mass is 10.1. The van der Waals surface area contributed by atoms with Crippen molar-refractivity contribution >= 4 is 28.2 Å². The molecule has 0 spiro atoms. The highest BCUT2D eigenvalue weighted by Crippen LogP contribution is 2.21. The maximum Gasteiger partial charge on any atom is 0.355 e. The summed E-state index contributed by atoms with van der Waals surface area (Å²) in [4.78, 5) is 22.6. The van der Waals surface area contributed by atoms with E-state index in [-0.39, 0.29) is 0 Å². The smallest absolute Gasteiger partial charge is 0.355 e. The molecule has 0 fully saturated rings. The topological polar surface area (TPSA) is 48.3 Å². The molecule has 0 aromatic carbocycles. The molecule has 88 valence electrons. The third-order valence-electron chi connectivity index (χ3n) is 2.68. The average molecular weight is 288 g/mol. The molecule has 5 heteroatoms. The van der Waals surface area contributed by atoms with E-state index in [9.17, 15) is 9.59 Å². The molecule has 0 radical (unpaired) electrons. The van der Waals surface area contributed by atoms with Crippen molar-refractivity contribution in [1.29, 1.82) is 0 Å². The van der Waals surface area contributed by atoms with Crippen molar-refractivity contribution in [2.24, 2.45) is 0 Å². The lowest BCUT2D eigenvalue weighted by Crippen LogP contribution is -2.14. The first-order chi connectivity index (χ1) is 7.58. The molecule has 0 bridgehead atoms. The van der Waals surface area contributed by atoms with Crippen molar-refractivity contribution in [2.75, 3.05) is 12.4 Å². The normalized spacial score (nSPS) is 10.2.